The summed E-state index contributed by atoms with van der Waals surface area (Å²) in [6, 6.07) is 21.0. The van der Waals surface area contributed by atoms with Gasteiger partial charge in [-0.1, -0.05) is 66.7 Å². The second-order valence-corrected chi connectivity index (χ2v) is 5.46. The smallest absolute Gasteiger partial charge is 0.216 e. The van der Waals surface area contributed by atoms with Crippen LogP contribution in [0.5, 0.6) is 0 Å². The molecule has 0 fully saturated rings. The van der Waals surface area contributed by atoms with Crippen LogP contribution >= 0.6 is 0 Å². The maximum absolute atomic E-state index is 5.42. The molecule has 0 aliphatic heterocycles. The zero-order valence-corrected chi connectivity index (χ0v) is 13.3. The molecular weight excluding hydrogens is 284 g/mol. The lowest BCUT2D eigenvalue weighted by Crippen LogP contribution is -1.89. The Labute approximate surface area is 136 Å². The quantitative estimate of drug-likeness (QED) is 0.612. The maximum atomic E-state index is 5.42. The number of hydrogen-bond acceptors (Lipinski definition) is 3. The third-order valence-corrected chi connectivity index (χ3v) is 3.68. The Balaban J connectivity index is 1.73. The van der Waals surface area contributed by atoms with E-state index in [-0.39, 0.29) is 0 Å². The van der Waals surface area contributed by atoms with Crippen molar-refractivity contribution in [2.45, 2.75) is 26.2 Å². The molecule has 0 aliphatic carbocycles. The third kappa shape index (κ3) is 4.16. The minimum Gasteiger partial charge on any atom is -0.426 e. The molecule has 1 heterocycles. The summed E-state index contributed by atoms with van der Waals surface area (Å²) < 4.78 is 5.42. The topological polar surface area (TPSA) is 38.9 Å². The third-order valence-electron chi connectivity index (χ3n) is 3.68. The molecule has 0 N–H and O–H groups in total. The molecule has 0 saturated heterocycles. The summed E-state index contributed by atoms with van der Waals surface area (Å²) in [6.45, 7) is 1.82. The fraction of sp³-hybridized carbons (Fsp3) is 0.200. The van der Waals surface area contributed by atoms with Crippen LogP contribution in [0.2, 0.25) is 0 Å². The van der Waals surface area contributed by atoms with Gasteiger partial charge in [0.2, 0.25) is 11.8 Å². The molecule has 0 saturated carbocycles. The van der Waals surface area contributed by atoms with Gasteiger partial charge in [0.05, 0.1) is 0 Å². The van der Waals surface area contributed by atoms with E-state index in [2.05, 4.69) is 64.8 Å². The first-order valence-electron chi connectivity index (χ1n) is 7.93. The highest BCUT2D eigenvalue weighted by Crippen LogP contribution is 2.24. The molecule has 0 radical (unpaired) electrons. The van der Waals surface area contributed by atoms with Gasteiger partial charge in [0.25, 0.3) is 0 Å². The first-order chi connectivity index (χ1) is 11.3. The van der Waals surface area contributed by atoms with E-state index in [1.165, 1.54) is 16.7 Å². The van der Waals surface area contributed by atoms with Crippen LogP contribution in [0.4, 0.5) is 0 Å². The Hall–Kier alpha value is -2.68. The largest absolute Gasteiger partial charge is 0.426 e. The van der Waals surface area contributed by atoms with E-state index in [9.17, 15) is 0 Å². The molecule has 3 aromatic rings. The highest BCUT2D eigenvalue weighted by molar-refractivity contribution is 5.79. The second-order valence-electron chi connectivity index (χ2n) is 5.46. The summed E-state index contributed by atoms with van der Waals surface area (Å²) >= 11 is 0. The molecule has 2 aromatic carbocycles. The van der Waals surface area contributed by atoms with Gasteiger partial charge in [-0.2, -0.15) is 0 Å². The van der Waals surface area contributed by atoms with Gasteiger partial charge in [0, 0.05) is 13.3 Å². The van der Waals surface area contributed by atoms with Crippen LogP contribution in [-0.4, -0.2) is 10.2 Å². The predicted octanol–water partition coefficient (Wildman–Crippen LogP) is 4.83. The Morgan fingerprint density at radius 1 is 0.913 bits per heavy atom. The highest BCUT2D eigenvalue weighted by Gasteiger charge is 2.05. The first-order valence-corrected chi connectivity index (χ1v) is 7.93. The van der Waals surface area contributed by atoms with Gasteiger partial charge in [-0.3, -0.25) is 0 Å². The minimum atomic E-state index is 0.629. The lowest BCUT2D eigenvalue weighted by atomic mass is 9.96. The minimum absolute atomic E-state index is 0.629. The van der Waals surface area contributed by atoms with Crippen LogP contribution in [0.15, 0.2) is 71.2 Å². The van der Waals surface area contributed by atoms with Crippen molar-refractivity contribution in [1.29, 1.82) is 0 Å². The van der Waals surface area contributed by atoms with Crippen LogP contribution in [0.1, 0.15) is 35.7 Å². The Bertz CT molecular complexity index is 719. The first kappa shape index (κ1) is 15.2. The van der Waals surface area contributed by atoms with E-state index in [1.54, 1.807) is 0 Å². The Morgan fingerprint density at radius 3 is 2.04 bits per heavy atom. The molecule has 116 valence electrons. The van der Waals surface area contributed by atoms with E-state index in [1.807, 2.05) is 19.1 Å². The summed E-state index contributed by atoms with van der Waals surface area (Å²) in [4.78, 5) is 0. The standard InChI is InChI=1S/C20H20N2O/c1-16-21-22-20(23-16)15-9-8-14-19(17-10-4-2-5-11-17)18-12-6-3-7-13-18/h2-7,10-14H,8-9,15H2,1H3. The molecule has 0 bridgehead atoms. The van der Waals surface area contributed by atoms with Gasteiger partial charge in [-0.15, -0.1) is 10.2 Å². The SMILES string of the molecule is Cc1nnc(CCCC=C(c2ccccc2)c2ccccc2)o1. The van der Waals surface area contributed by atoms with Gasteiger partial charge in [0.1, 0.15) is 0 Å². The van der Waals surface area contributed by atoms with E-state index >= 15 is 0 Å². The van der Waals surface area contributed by atoms with Crippen molar-refractivity contribution in [3.63, 3.8) is 0 Å². The molecule has 3 heteroatoms. The summed E-state index contributed by atoms with van der Waals surface area (Å²) in [5.41, 5.74) is 3.76. The molecule has 23 heavy (non-hydrogen) atoms. The average molecular weight is 304 g/mol. The summed E-state index contributed by atoms with van der Waals surface area (Å²) in [5, 5.41) is 7.90. The van der Waals surface area contributed by atoms with Gasteiger partial charge in [-0.05, 0) is 29.5 Å². The molecule has 3 nitrogen and oxygen atoms in total. The lowest BCUT2D eigenvalue weighted by molar-refractivity contribution is 0.462. The van der Waals surface area contributed by atoms with E-state index in [0.29, 0.717) is 5.89 Å². The number of allylic oxidation sites excluding steroid dienone is 1. The number of unbranched alkanes of at least 4 members (excludes halogenated alkanes) is 1. The van der Waals surface area contributed by atoms with Crippen molar-refractivity contribution in [2.75, 3.05) is 0 Å². The van der Waals surface area contributed by atoms with Gasteiger partial charge < -0.3 is 4.42 Å². The molecule has 0 atom stereocenters. The van der Waals surface area contributed by atoms with Crippen molar-refractivity contribution >= 4 is 5.57 Å². The number of benzene rings is 2. The zero-order valence-electron chi connectivity index (χ0n) is 13.3. The predicted molar refractivity (Wildman–Crippen MR) is 91.9 cm³/mol. The highest BCUT2D eigenvalue weighted by atomic mass is 16.4. The van der Waals surface area contributed by atoms with Gasteiger partial charge in [-0.25, -0.2) is 0 Å². The van der Waals surface area contributed by atoms with Crippen LogP contribution in [0.3, 0.4) is 0 Å². The zero-order chi connectivity index (χ0) is 15.9. The number of nitrogens with zero attached hydrogens (tertiary/aromatic N) is 2. The number of rotatable bonds is 6. The van der Waals surface area contributed by atoms with Crippen molar-refractivity contribution in [1.82, 2.24) is 10.2 Å². The number of hydrogen-bond donors (Lipinski definition) is 0. The summed E-state index contributed by atoms with van der Waals surface area (Å²) in [7, 11) is 0. The molecule has 0 amide bonds. The number of aromatic nitrogens is 2. The summed E-state index contributed by atoms with van der Waals surface area (Å²) in [6.07, 6.45) is 5.08. The van der Waals surface area contributed by atoms with Crippen LogP contribution in [-0.2, 0) is 6.42 Å². The maximum Gasteiger partial charge on any atom is 0.216 e. The van der Waals surface area contributed by atoms with E-state index in [4.69, 9.17) is 4.42 Å². The van der Waals surface area contributed by atoms with E-state index in [0.717, 1.165) is 25.2 Å². The van der Waals surface area contributed by atoms with Crippen molar-refractivity contribution < 1.29 is 4.42 Å². The van der Waals surface area contributed by atoms with Crippen molar-refractivity contribution in [3.05, 3.63) is 89.6 Å². The number of aryl methyl sites for hydroxylation is 2. The Morgan fingerprint density at radius 2 is 1.52 bits per heavy atom. The molecule has 0 aliphatic rings. The van der Waals surface area contributed by atoms with Crippen LogP contribution < -0.4 is 0 Å². The summed E-state index contributed by atoms with van der Waals surface area (Å²) in [5.74, 6) is 1.35. The Kier molecular flexibility index (Phi) is 4.99. The fourth-order valence-corrected chi connectivity index (χ4v) is 2.58. The molecule has 0 spiro atoms. The van der Waals surface area contributed by atoms with Gasteiger partial charge in [0.15, 0.2) is 0 Å². The molecule has 0 unspecified atom stereocenters. The second kappa shape index (κ2) is 7.54. The van der Waals surface area contributed by atoms with Crippen molar-refractivity contribution in [3.8, 4) is 0 Å². The lowest BCUT2D eigenvalue weighted by Gasteiger charge is -2.08. The van der Waals surface area contributed by atoms with Crippen LogP contribution in [0, 0.1) is 6.92 Å². The van der Waals surface area contributed by atoms with E-state index < -0.39 is 0 Å². The average Bonchev–Trinajstić information content (AvgIpc) is 3.02. The monoisotopic (exact) mass is 304 g/mol. The van der Waals surface area contributed by atoms with Crippen LogP contribution in [0.25, 0.3) is 5.57 Å². The molecular formula is C20H20N2O. The molecule has 1 aromatic heterocycles. The molecule has 3 rings (SSSR count). The van der Waals surface area contributed by atoms with Gasteiger partial charge >= 0.3 is 0 Å². The fourth-order valence-electron chi connectivity index (χ4n) is 2.58. The normalized spacial score (nSPS) is 10.5. The van der Waals surface area contributed by atoms with Crippen molar-refractivity contribution in [2.24, 2.45) is 0 Å².